The maximum absolute atomic E-state index is 12.8. The first kappa shape index (κ1) is 29.7. The summed E-state index contributed by atoms with van der Waals surface area (Å²) in [6, 6.07) is 14.9. The molecule has 2 aromatic rings. The van der Waals surface area contributed by atoms with E-state index in [0.717, 1.165) is 58.1 Å². The molecule has 10 heteroatoms. The summed E-state index contributed by atoms with van der Waals surface area (Å²) in [7, 11) is -3.31. The molecule has 9 nitrogen and oxygen atoms in total. The van der Waals surface area contributed by atoms with E-state index in [2.05, 4.69) is 34.0 Å². The highest BCUT2D eigenvalue weighted by molar-refractivity contribution is 7.92. The summed E-state index contributed by atoms with van der Waals surface area (Å²) in [5, 5.41) is 12.7. The van der Waals surface area contributed by atoms with E-state index in [1.54, 1.807) is 24.3 Å². The summed E-state index contributed by atoms with van der Waals surface area (Å²) in [5.41, 5.74) is 1.68. The number of hydrogen-bond acceptors (Lipinski definition) is 6. The minimum atomic E-state index is -3.31. The first-order chi connectivity index (χ1) is 18.2. The van der Waals surface area contributed by atoms with E-state index in [9.17, 15) is 18.3 Å². The molecule has 1 saturated heterocycles. The molecule has 2 amide bonds. The highest BCUT2D eigenvalue weighted by Crippen LogP contribution is 2.25. The molecule has 0 aliphatic carbocycles. The minimum Gasteiger partial charge on any atom is -0.457 e. The Labute approximate surface area is 227 Å². The number of nitrogens with zero attached hydrogens (tertiary/aromatic N) is 2. The van der Waals surface area contributed by atoms with E-state index >= 15 is 0 Å². The summed E-state index contributed by atoms with van der Waals surface area (Å²) in [5.74, 6) is 1.33. The molecule has 3 N–H and O–H groups in total. The zero-order chi connectivity index (χ0) is 27.5. The van der Waals surface area contributed by atoms with Crippen molar-refractivity contribution in [1.82, 2.24) is 15.1 Å². The van der Waals surface area contributed by atoms with Crippen LogP contribution in [0.25, 0.3) is 0 Å². The summed E-state index contributed by atoms with van der Waals surface area (Å²) in [4.78, 5) is 17.2. The van der Waals surface area contributed by atoms with Gasteiger partial charge in [0.1, 0.15) is 11.5 Å². The van der Waals surface area contributed by atoms with Crippen LogP contribution in [-0.2, 0) is 16.6 Å². The zero-order valence-electron chi connectivity index (χ0n) is 22.7. The molecule has 210 valence electrons. The lowest BCUT2D eigenvalue weighted by Crippen LogP contribution is -2.51. The third kappa shape index (κ3) is 9.81. The molecule has 0 radical (unpaired) electrons. The van der Waals surface area contributed by atoms with Gasteiger partial charge in [0.2, 0.25) is 10.0 Å². The van der Waals surface area contributed by atoms with Crippen molar-refractivity contribution in [3.05, 3.63) is 54.1 Å². The number of sulfonamides is 1. The molecule has 2 aromatic carbocycles. The molecule has 0 spiro atoms. The van der Waals surface area contributed by atoms with Gasteiger partial charge in [0.05, 0.1) is 12.4 Å². The van der Waals surface area contributed by atoms with Crippen LogP contribution in [0.2, 0.25) is 0 Å². The lowest BCUT2D eigenvalue weighted by molar-refractivity contribution is 0.111. The van der Waals surface area contributed by atoms with Crippen LogP contribution < -0.4 is 14.8 Å². The van der Waals surface area contributed by atoms with Gasteiger partial charge in [-0.05, 0) is 67.6 Å². The summed E-state index contributed by atoms with van der Waals surface area (Å²) in [6.45, 7) is 7.75. The quantitative estimate of drug-likeness (QED) is 0.344. The second-order valence-electron chi connectivity index (χ2n) is 9.95. The summed E-state index contributed by atoms with van der Waals surface area (Å²) >= 11 is 0. The average molecular weight is 547 g/mol. The molecule has 0 saturated carbocycles. The molecule has 0 aromatic heterocycles. The highest BCUT2D eigenvalue weighted by atomic mass is 32.2. The van der Waals surface area contributed by atoms with E-state index in [1.807, 2.05) is 24.0 Å². The van der Waals surface area contributed by atoms with Gasteiger partial charge in [-0.1, -0.05) is 32.4 Å². The number of amides is 2. The summed E-state index contributed by atoms with van der Waals surface area (Å²) in [6.07, 6.45) is 5.10. The predicted molar refractivity (Wildman–Crippen MR) is 151 cm³/mol. The Kier molecular flexibility index (Phi) is 11.2. The number of nitrogens with one attached hydrogen (secondary N) is 2. The van der Waals surface area contributed by atoms with E-state index in [-0.39, 0.29) is 12.1 Å². The Morgan fingerprint density at radius 3 is 2.24 bits per heavy atom. The molecule has 1 fully saturated rings. The van der Waals surface area contributed by atoms with Gasteiger partial charge < -0.3 is 20.1 Å². The van der Waals surface area contributed by atoms with Crippen LogP contribution in [0.5, 0.6) is 11.5 Å². The van der Waals surface area contributed by atoms with Crippen LogP contribution >= 0.6 is 0 Å². The van der Waals surface area contributed by atoms with E-state index in [0.29, 0.717) is 30.2 Å². The van der Waals surface area contributed by atoms with E-state index in [1.165, 1.54) is 5.56 Å². The number of ether oxygens (including phenoxy) is 1. The number of anilines is 1. The topological polar surface area (TPSA) is 111 Å². The Morgan fingerprint density at radius 1 is 1.08 bits per heavy atom. The number of carbonyl (C=O) groups excluding carboxylic acids is 1. The number of rotatable bonds is 13. The number of benzene rings is 2. The van der Waals surface area contributed by atoms with Crippen LogP contribution in [-0.4, -0.2) is 73.9 Å². The molecule has 1 unspecified atom stereocenters. The van der Waals surface area contributed by atoms with Gasteiger partial charge in [0.15, 0.2) is 0 Å². The van der Waals surface area contributed by atoms with Crippen LogP contribution in [0.15, 0.2) is 48.5 Å². The molecule has 1 aliphatic heterocycles. The monoisotopic (exact) mass is 546 g/mol. The fraction of sp³-hybridized carbons (Fsp3) is 0.536. The van der Waals surface area contributed by atoms with Crippen molar-refractivity contribution in [2.45, 2.75) is 64.6 Å². The molecule has 1 atom stereocenters. The van der Waals surface area contributed by atoms with Crippen molar-refractivity contribution in [2.75, 3.05) is 37.2 Å². The van der Waals surface area contributed by atoms with Crippen molar-refractivity contribution in [1.29, 1.82) is 0 Å². The van der Waals surface area contributed by atoms with E-state index in [4.69, 9.17) is 4.74 Å². The first-order valence-electron chi connectivity index (χ1n) is 13.5. The SMILES string of the molecule is CCCCN(C(=O)NCC(O)CC)C1CCN(Cc2ccc(Oc3ccc(NS(C)(=O)=O)cc3)cc2)CC1. The van der Waals surface area contributed by atoms with Gasteiger partial charge in [0.25, 0.3) is 0 Å². The van der Waals surface area contributed by atoms with Gasteiger partial charge in [-0.25, -0.2) is 13.2 Å². The summed E-state index contributed by atoms with van der Waals surface area (Å²) < 4.78 is 31.0. The number of aliphatic hydroxyl groups is 1. The third-order valence-electron chi connectivity index (χ3n) is 6.69. The van der Waals surface area contributed by atoms with Crippen LogP contribution in [0.3, 0.4) is 0 Å². The fourth-order valence-corrected chi connectivity index (χ4v) is 5.05. The normalized spacial score (nSPS) is 15.6. The maximum atomic E-state index is 12.8. The Hall–Kier alpha value is -2.82. The number of urea groups is 1. The molecule has 38 heavy (non-hydrogen) atoms. The Morgan fingerprint density at radius 2 is 1.68 bits per heavy atom. The number of piperidine rings is 1. The van der Waals surface area contributed by atoms with Crippen LogP contribution in [0, 0.1) is 0 Å². The third-order valence-corrected chi connectivity index (χ3v) is 7.30. The number of carbonyl (C=O) groups is 1. The Balaban J connectivity index is 1.48. The molecular formula is C28H42N4O5S. The molecule has 0 bridgehead atoms. The van der Waals surface area contributed by atoms with Crippen molar-refractivity contribution < 1.29 is 23.1 Å². The van der Waals surface area contributed by atoms with Crippen LogP contribution in [0.4, 0.5) is 10.5 Å². The smallest absolute Gasteiger partial charge is 0.317 e. The van der Waals surface area contributed by atoms with E-state index < -0.39 is 16.1 Å². The average Bonchev–Trinajstić information content (AvgIpc) is 2.89. The standard InChI is InChI=1S/C28H42N4O5S/c1-4-6-17-32(28(34)29-20-25(33)5-2)24-15-18-31(19-16-24)21-22-7-11-26(12-8-22)37-27-13-9-23(10-14-27)30-38(3,35)36/h7-14,24-25,30,33H,4-6,15-21H2,1-3H3,(H,29,34). The Bertz CT molecular complexity index is 1100. The van der Waals surface area contributed by atoms with Crippen molar-refractivity contribution >= 4 is 21.7 Å². The van der Waals surface area contributed by atoms with Gasteiger partial charge in [-0.3, -0.25) is 9.62 Å². The van der Waals surface area contributed by atoms with Gasteiger partial charge >= 0.3 is 6.03 Å². The molecule has 3 rings (SSSR count). The number of unbranched alkanes of at least 4 members (excludes halogenated alkanes) is 1. The number of aliphatic hydroxyl groups excluding tert-OH is 1. The number of hydrogen-bond donors (Lipinski definition) is 3. The van der Waals surface area contributed by atoms with Gasteiger partial charge in [-0.2, -0.15) is 0 Å². The zero-order valence-corrected chi connectivity index (χ0v) is 23.5. The first-order valence-corrected chi connectivity index (χ1v) is 15.4. The minimum absolute atomic E-state index is 0.0683. The second-order valence-corrected chi connectivity index (χ2v) is 11.7. The van der Waals surface area contributed by atoms with Gasteiger partial charge in [0, 0.05) is 44.5 Å². The largest absolute Gasteiger partial charge is 0.457 e. The molecule has 1 aliphatic rings. The molecular weight excluding hydrogens is 504 g/mol. The predicted octanol–water partition coefficient (Wildman–Crippen LogP) is 4.40. The van der Waals surface area contributed by atoms with Gasteiger partial charge in [-0.15, -0.1) is 0 Å². The van der Waals surface area contributed by atoms with Crippen molar-refractivity contribution in [2.24, 2.45) is 0 Å². The lowest BCUT2D eigenvalue weighted by Gasteiger charge is -2.38. The number of likely N-dealkylation sites (tertiary alicyclic amines) is 1. The van der Waals surface area contributed by atoms with Crippen molar-refractivity contribution in [3.8, 4) is 11.5 Å². The lowest BCUT2D eigenvalue weighted by atomic mass is 10.0. The molecule has 1 heterocycles. The maximum Gasteiger partial charge on any atom is 0.317 e. The second kappa shape index (κ2) is 14.4. The van der Waals surface area contributed by atoms with Crippen LogP contribution in [0.1, 0.15) is 51.5 Å². The highest BCUT2D eigenvalue weighted by Gasteiger charge is 2.27. The van der Waals surface area contributed by atoms with Crippen molar-refractivity contribution in [3.63, 3.8) is 0 Å². The fourth-order valence-electron chi connectivity index (χ4n) is 4.48.